The Hall–Kier alpha value is -3.25. The Labute approximate surface area is 155 Å². The number of nitrogens with zero attached hydrogens (tertiary/aromatic N) is 5. The molecular weight excluding hydrogens is 342 g/mol. The van der Waals surface area contributed by atoms with Crippen LogP contribution in [0.5, 0.6) is 0 Å². The van der Waals surface area contributed by atoms with Gasteiger partial charge in [-0.05, 0) is 43.3 Å². The highest BCUT2D eigenvalue weighted by Gasteiger charge is 2.15. The van der Waals surface area contributed by atoms with Crippen LogP contribution in [0.2, 0.25) is 0 Å². The second kappa shape index (κ2) is 7.33. The van der Waals surface area contributed by atoms with Gasteiger partial charge in [0, 0.05) is 30.4 Å². The number of hydrogen-bond acceptors (Lipinski definition) is 6. The topological polar surface area (TPSA) is 64.5 Å². The average Bonchev–Trinajstić information content (AvgIpc) is 3.14. The molecule has 0 N–H and O–H groups in total. The number of pyridine rings is 2. The molecule has 0 aliphatic heterocycles. The van der Waals surface area contributed by atoms with Crippen molar-refractivity contribution in [3.63, 3.8) is 0 Å². The number of allylic oxidation sites excluding steroid dienone is 1. The van der Waals surface area contributed by atoms with E-state index in [1.165, 1.54) is 0 Å². The van der Waals surface area contributed by atoms with Crippen molar-refractivity contribution in [2.75, 3.05) is 0 Å². The van der Waals surface area contributed by atoms with E-state index in [0.717, 1.165) is 32.5 Å². The van der Waals surface area contributed by atoms with E-state index in [-0.39, 0.29) is 0 Å². The van der Waals surface area contributed by atoms with Crippen molar-refractivity contribution < 1.29 is 0 Å². The first kappa shape index (κ1) is 16.2. The van der Waals surface area contributed by atoms with Crippen LogP contribution in [0.15, 0.2) is 67.3 Å². The highest BCUT2D eigenvalue weighted by molar-refractivity contribution is 7.18. The van der Waals surface area contributed by atoms with Crippen molar-refractivity contribution in [2.24, 2.45) is 0 Å². The van der Waals surface area contributed by atoms with E-state index < -0.39 is 0 Å². The summed E-state index contributed by atoms with van der Waals surface area (Å²) >= 11 is 1.60. The molecule has 0 saturated carbocycles. The van der Waals surface area contributed by atoms with Crippen molar-refractivity contribution in [1.29, 1.82) is 0 Å². The Morgan fingerprint density at radius 1 is 0.885 bits per heavy atom. The first-order chi connectivity index (χ1) is 12.8. The second-order valence-corrected chi connectivity index (χ2v) is 6.45. The summed E-state index contributed by atoms with van der Waals surface area (Å²) in [4.78, 5) is 23.3. The van der Waals surface area contributed by atoms with Crippen LogP contribution in [0.3, 0.4) is 0 Å². The maximum Gasteiger partial charge on any atom is 0.178 e. The molecule has 0 aliphatic carbocycles. The van der Waals surface area contributed by atoms with Crippen LogP contribution >= 0.6 is 11.3 Å². The largest absolute Gasteiger partial charge is 0.264 e. The Morgan fingerprint density at radius 2 is 1.73 bits per heavy atom. The molecule has 4 heterocycles. The summed E-state index contributed by atoms with van der Waals surface area (Å²) < 4.78 is 0. The highest BCUT2D eigenvalue weighted by atomic mass is 32.1. The summed E-state index contributed by atoms with van der Waals surface area (Å²) in [6.07, 6.45) is 11.0. The van der Waals surface area contributed by atoms with E-state index in [4.69, 9.17) is 9.97 Å². The van der Waals surface area contributed by atoms with Gasteiger partial charge in [-0.2, -0.15) is 0 Å². The van der Waals surface area contributed by atoms with Crippen LogP contribution < -0.4 is 0 Å². The first-order valence-electron chi connectivity index (χ1n) is 8.14. The van der Waals surface area contributed by atoms with Crippen LogP contribution in [0, 0.1) is 0 Å². The van der Waals surface area contributed by atoms with Gasteiger partial charge in [0.05, 0.1) is 16.3 Å². The molecule has 0 spiro atoms. The van der Waals surface area contributed by atoms with Crippen LogP contribution in [0.4, 0.5) is 0 Å². The third-order valence-corrected chi connectivity index (χ3v) is 4.81. The van der Waals surface area contributed by atoms with Crippen LogP contribution in [-0.2, 0) is 0 Å². The summed E-state index contributed by atoms with van der Waals surface area (Å²) in [5.74, 6) is 0.610. The lowest BCUT2D eigenvalue weighted by Gasteiger charge is -2.02. The molecular formula is C20H15N5S. The van der Waals surface area contributed by atoms with Crippen molar-refractivity contribution in [1.82, 2.24) is 24.9 Å². The van der Waals surface area contributed by atoms with Crippen LogP contribution in [0.1, 0.15) is 12.6 Å². The van der Waals surface area contributed by atoms with Gasteiger partial charge in [-0.1, -0.05) is 12.1 Å². The number of rotatable bonds is 4. The lowest BCUT2D eigenvalue weighted by atomic mass is 10.2. The summed E-state index contributed by atoms with van der Waals surface area (Å²) in [7, 11) is 0. The molecule has 126 valence electrons. The monoisotopic (exact) mass is 357 g/mol. The number of aromatic nitrogens is 5. The van der Waals surface area contributed by atoms with Gasteiger partial charge >= 0.3 is 0 Å². The molecule has 0 aliphatic rings. The van der Waals surface area contributed by atoms with Crippen LogP contribution in [0.25, 0.3) is 38.7 Å². The lowest BCUT2D eigenvalue weighted by molar-refractivity contribution is 1.14. The van der Waals surface area contributed by atoms with Gasteiger partial charge in [0.1, 0.15) is 10.7 Å². The summed E-state index contributed by atoms with van der Waals surface area (Å²) in [5.41, 5.74) is 3.49. The second-order valence-electron chi connectivity index (χ2n) is 5.46. The lowest BCUT2D eigenvalue weighted by Crippen LogP contribution is -1.92. The van der Waals surface area contributed by atoms with Crippen molar-refractivity contribution in [3.05, 3.63) is 73.0 Å². The molecule has 0 unspecified atom stereocenters. The van der Waals surface area contributed by atoms with Gasteiger partial charge in [-0.3, -0.25) is 4.98 Å². The van der Waals surface area contributed by atoms with E-state index >= 15 is 0 Å². The van der Waals surface area contributed by atoms with E-state index in [2.05, 4.69) is 15.0 Å². The molecule has 26 heavy (non-hydrogen) atoms. The summed E-state index contributed by atoms with van der Waals surface area (Å²) in [6, 6.07) is 11.6. The van der Waals surface area contributed by atoms with E-state index in [9.17, 15) is 0 Å². The Bertz CT molecular complexity index is 1040. The minimum absolute atomic E-state index is 0.610. The maximum absolute atomic E-state index is 4.77. The van der Waals surface area contributed by atoms with Crippen molar-refractivity contribution >= 4 is 17.4 Å². The number of hydrogen-bond donors (Lipinski definition) is 0. The standard InChI is InChI=1S/C20H15N5S/c1-2-6-15-18(26-20(25-15)14-7-4-10-21-13-14)16-8-3-9-17(24-16)19-22-11-5-12-23-19/h2-13H,1H3. The minimum Gasteiger partial charge on any atom is -0.264 e. The molecule has 0 fully saturated rings. The predicted molar refractivity (Wildman–Crippen MR) is 104 cm³/mol. The fraction of sp³-hybridized carbons (Fsp3) is 0.0500. The zero-order valence-electron chi connectivity index (χ0n) is 14.1. The van der Waals surface area contributed by atoms with Gasteiger partial charge in [-0.15, -0.1) is 11.3 Å². The molecule has 4 aromatic rings. The fourth-order valence-corrected chi connectivity index (χ4v) is 3.53. The highest BCUT2D eigenvalue weighted by Crippen LogP contribution is 2.35. The van der Waals surface area contributed by atoms with Gasteiger partial charge in [-0.25, -0.2) is 19.9 Å². The molecule has 0 amide bonds. The Morgan fingerprint density at radius 3 is 2.50 bits per heavy atom. The summed E-state index contributed by atoms with van der Waals surface area (Å²) in [5, 5.41) is 0.921. The SMILES string of the molecule is CC=Cc1nc(-c2cccnc2)sc1-c1cccc(-c2ncccn2)n1. The molecule has 0 radical (unpaired) electrons. The molecule has 0 atom stereocenters. The average molecular weight is 357 g/mol. The predicted octanol–water partition coefficient (Wildman–Crippen LogP) is 4.76. The third-order valence-electron chi connectivity index (χ3n) is 3.66. The number of thiazole rings is 1. The van der Waals surface area contributed by atoms with Gasteiger partial charge in [0.2, 0.25) is 0 Å². The first-order valence-corrected chi connectivity index (χ1v) is 8.95. The zero-order chi connectivity index (χ0) is 17.8. The molecule has 0 aromatic carbocycles. The molecule has 4 rings (SSSR count). The van der Waals surface area contributed by atoms with Gasteiger partial charge in [0.25, 0.3) is 0 Å². The normalized spacial score (nSPS) is 11.1. The molecule has 0 bridgehead atoms. The van der Waals surface area contributed by atoms with Crippen LogP contribution in [-0.4, -0.2) is 24.9 Å². The Kier molecular flexibility index (Phi) is 4.57. The van der Waals surface area contributed by atoms with E-state index in [0.29, 0.717) is 5.82 Å². The molecule has 5 nitrogen and oxygen atoms in total. The minimum atomic E-state index is 0.610. The van der Waals surface area contributed by atoms with Crippen molar-refractivity contribution in [2.45, 2.75) is 6.92 Å². The fourth-order valence-electron chi connectivity index (χ4n) is 2.52. The summed E-state index contributed by atoms with van der Waals surface area (Å²) in [6.45, 7) is 1.98. The molecule has 0 saturated heterocycles. The quantitative estimate of drug-likeness (QED) is 0.527. The van der Waals surface area contributed by atoms with Gasteiger partial charge < -0.3 is 0 Å². The van der Waals surface area contributed by atoms with E-state index in [1.54, 1.807) is 36.0 Å². The third kappa shape index (κ3) is 3.27. The van der Waals surface area contributed by atoms with Gasteiger partial charge in [0.15, 0.2) is 5.82 Å². The smallest absolute Gasteiger partial charge is 0.178 e. The molecule has 4 aromatic heterocycles. The molecule has 6 heteroatoms. The maximum atomic E-state index is 4.77. The van der Waals surface area contributed by atoms with E-state index in [1.807, 2.05) is 55.6 Å². The zero-order valence-corrected chi connectivity index (χ0v) is 14.9. The van der Waals surface area contributed by atoms with Crippen molar-refractivity contribution in [3.8, 4) is 32.7 Å². The Balaban J connectivity index is 1.81.